The van der Waals surface area contributed by atoms with Gasteiger partial charge in [-0.3, -0.25) is 9.59 Å². The molecule has 2 heterocycles. The number of carbonyl (C=O) groups excluding carboxylic acids is 2. The fourth-order valence-electron chi connectivity index (χ4n) is 4.17. The largest absolute Gasteiger partial charge is 0.367 e. The Bertz CT molecular complexity index is 927. The molecule has 2 aromatic rings. The first-order valence-corrected chi connectivity index (χ1v) is 10.9. The molecule has 30 heavy (non-hydrogen) atoms. The van der Waals surface area contributed by atoms with Crippen LogP contribution in [0.3, 0.4) is 0 Å². The second-order valence-corrected chi connectivity index (χ2v) is 8.25. The van der Waals surface area contributed by atoms with Crippen LogP contribution < -0.4 is 15.1 Å². The molecule has 0 radical (unpaired) electrons. The number of nitrogens with one attached hydrogen (secondary N) is 1. The summed E-state index contributed by atoms with van der Waals surface area (Å²) in [6.45, 7) is 7.51. The second kappa shape index (κ2) is 9.06. The zero-order valence-electron chi connectivity index (χ0n) is 17.2. The Kier molecular flexibility index (Phi) is 6.25. The van der Waals surface area contributed by atoms with Gasteiger partial charge in [-0.1, -0.05) is 36.7 Å². The van der Waals surface area contributed by atoms with Gasteiger partial charge in [-0.15, -0.1) is 0 Å². The van der Waals surface area contributed by atoms with E-state index in [-0.39, 0.29) is 24.2 Å². The predicted molar refractivity (Wildman–Crippen MR) is 121 cm³/mol. The molecule has 6 nitrogen and oxygen atoms in total. The Morgan fingerprint density at radius 1 is 1.10 bits per heavy atom. The van der Waals surface area contributed by atoms with Crippen LogP contribution in [0.5, 0.6) is 0 Å². The number of anilines is 3. The summed E-state index contributed by atoms with van der Waals surface area (Å²) in [5.74, 6) is -0.560. The van der Waals surface area contributed by atoms with E-state index in [0.29, 0.717) is 11.6 Å². The topological polar surface area (TPSA) is 55.9 Å². The number of carbonyl (C=O) groups is 2. The first kappa shape index (κ1) is 20.7. The third kappa shape index (κ3) is 4.45. The predicted octanol–water partition coefficient (Wildman–Crippen LogP) is 3.47. The zero-order valence-corrected chi connectivity index (χ0v) is 17.9. The molecule has 2 saturated heterocycles. The lowest BCUT2D eigenvalue weighted by Gasteiger charge is -2.36. The molecule has 1 atom stereocenters. The van der Waals surface area contributed by atoms with Gasteiger partial charge in [0.05, 0.1) is 17.3 Å². The summed E-state index contributed by atoms with van der Waals surface area (Å²) in [5, 5.41) is 3.65. The van der Waals surface area contributed by atoms with Crippen LogP contribution in [0, 0.1) is 5.92 Å². The Morgan fingerprint density at radius 3 is 2.60 bits per heavy atom. The number of piperazine rings is 1. The lowest BCUT2D eigenvalue weighted by molar-refractivity contribution is -0.122. The summed E-state index contributed by atoms with van der Waals surface area (Å²) in [7, 11) is 0. The molecular formula is C23H27ClN4O2. The monoisotopic (exact) mass is 426 g/mol. The highest BCUT2D eigenvalue weighted by atomic mass is 35.5. The zero-order chi connectivity index (χ0) is 21.1. The average Bonchev–Trinajstić information content (AvgIpc) is 3.16. The molecule has 0 aromatic heterocycles. The van der Waals surface area contributed by atoms with Crippen molar-refractivity contribution < 1.29 is 9.59 Å². The van der Waals surface area contributed by atoms with Gasteiger partial charge in [-0.2, -0.15) is 0 Å². The summed E-state index contributed by atoms with van der Waals surface area (Å²) >= 11 is 6.06. The maximum Gasteiger partial charge on any atom is 0.229 e. The second-order valence-electron chi connectivity index (χ2n) is 7.81. The smallest absolute Gasteiger partial charge is 0.229 e. The minimum atomic E-state index is -0.388. The first-order valence-electron chi connectivity index (χ1n) is 10.5. The first-order chi connectivity index (χ1) is 14.5. The Morgan fingerprint density at radius 2 is 1.87 bits per heavy atom. The third-order valence-electron chi connectivity index (χ3n) is 5.94. The van der Waals surface area contributed by atoms with Gasteiger partial charge in [-0.25, -0.2) is 0 Å². The molecule has 0 aliphatic carbocycles. The van der Waals surface area contributed by atoms with Crippen molar-refractivity contribution in [3.63, 3.8) is 0 Å². The molecule has 2 aliphatic rings. The average molecular weight is 427 g/mol. The van der Waals surface area contributed by atoms with Crippen molar-refractivity contribution in [3.05, 3.63) is 53.6 Å². The summed E-state index contributed by atoms with van der Waals surface area (Å²) in [5.41, 5.74) is 2.58. The van der Waals surface area contributed by atoms with Crippen LogP contribution >= 0.6 is 11.6 Å². The van der Waals surface area contributed by atoms with E-state index in [1.807, 2.05) is 30.3 Å². The molecule has 0 spiro atoms. The summed E-state index contributed by atoms with van der Waals surface area (Å²) in [4.78, 5) is 31.9. The van der Waals surface area contributed by atoms with Crippen molar-refractivity contribution in [2.75, 3.05) is 54.4 Å². The number of rotatable bonds is 5. The Hall–Kier alpha value is -2.57. The van der Waals surface area contributed by atoms with E-state index < -0.39 is 0 Å². The van der Waals surface area contributed by atoms with Crippen molar-refractivity contribution in [2.45, 2.75) is 13.3 Å². The maximum atomic E-state index is 13.0. The van der Waals surface area contributed by atoms with Crippen LogP contribution in [-0.4, -0.2) is 56.0 Å². The van der Waals surface area contributed by atoms with E-state index in [4.69, 9.17) is 11.6 Å². The quantitative estimate of drug-likeness (QED) is 0.795. The van der Waals surface area contributed by atoms with Gasteiger partial charge in [0.1, 0.15) is 0 Å². The normalized spacial score (nSPS) is 19.9. The van der Waals surface area contributed by atoms with E-state index in [0.717, 1.165) is 49.8 Å². The fraction of sp³-hybridized carbons (Fsp3) is 0.391. The Labute approximate surface area is 182 Å². The molecule has 2 aromatic carbocycles. The number of hydrogen-bond donors (Lipinski definition) is 1. The molecule has 4 rings (SSSR count). The van der Waals surface area contributed by atoms with Gasteiger partial charge < -0.3 is 20.0 Å². The van der Waals surface area contributed by atoms with Gasteiger partial charge in [0, 0.05) is 49.9 Å². The number of amides is 2. The van der Waals surface area contributed by atoms with Crippen molar-refractivity contribution in [2.24, 2.45) is 5.92 Å². The summed E-state index contributed by atoms with van der Waals surface area (Å²) < 4.78 is 0. The van der Waals surface area contributed by atoms with Crippen LogP contribution in [0.4, 0.5) is 17.1 Å². The van der Waals surface area contributed by atoms with Gasteiger partial charge in [-0.05, 0) is 36.9 Å². The van der Waals surface area contributed by atoms with E-state index in [9.17, 15) is 9.59 Å². The highest BCUT2D eigenvalue weighted by Gasteiger charge is 2.35. The number of hydrogen-bond acceptors (Lipinski definition) is 4. The SMILES string of the molecule is CCN1CCN(c2ccccc2NC(=O)[C@@H]2CC(=O)N(c3cccc(Cl)c3)C2)CC1. The van der Waals surface area contributed by atoms with Crippen molar-refractivity contribution in [1.29, 1.82) is 0 Å². The third-order valence-corrected chi connectivity index (χ3v) is 6.17. The molecule has 0 unspecified atom stereocenters. The van der Waals surface area contributed by atoms with Crippen molar-refractivity contribution >= 4 is 40.5 Å². The number of nitrogens with zero attached hydrogens (tertiary/aromatic N) is 3. The number of likely N-dealkylation sites (N-methyl/N-ethyl adjacent to an activating group) is 1. The van der Waals surface area contributed by atoms with Crippen LogP contribution in [0.15, 0.2) is 48.5 Å². The fourth-order valence-corrected chi connectivity index (χ4v) is 4.36. The Balaban J connectivity index is 1.44. The molecule has 2 fully saturated rings. The van der Waals surface area contributed by atoms with E-state index in [2.05, 4.69) is 28.1 Å². The lowest BCUT2D eigenvalue weighted by Crippen LogP contribution is -2.46. The number of halogens is 1. The highest BCUT2D eigenvalue weighted by Crippen LogP contribution is 2.30. The standard InChI is InChI=1S/C23H27ClN4O2/c1-2-26-10-12-27(13-11-26)21-9-4-3-8-20(21)25-23(30)17-14-22(29)28(16-17)19-7-5-6-18(24)15-19/h3-9,15,17H,2,10-14,16H2,1H3,(H,25,30)/t17-/m1/s1. The molecule has 7 heteroatoms. The van der Waals surface area contributed by atoms with Gasteiger partial charge in [0.15, 0.2) is 0 Å². The molecular weight excluding hydrogens is 400 g/mol. The molecule has 0 bridgehead atoms. The maximum absolute atomic E-state index is 13.0. The van der Waals surface area contributed by atoms with Crippen LogP contribution in [0.25, 0.3) is 0 Å². The molecule has 158 valence electrons. The number of para-hydroxylation sites is 2. The van der Waals surface area contributed by atoms with Crippen molar-refractivity contribution in [3.8, 4) is 0 Å². The van der Waals surface area contributed by atoms with Gasteiger partial charge in [0.25, 0.3) is 0 Å². The minimum Gasteiger partial charge on any atom is -0.367 e. The van der Waals surface area contributed by atoms with Crippen LogP contribution in [-0.2, 0) is 9.59 Å². The molecule has 2 aliphatic heterocycles. The number of benzene rings is 2. The van der Waals surface area contributed by atoms with Crippen LogP contribution in [0.2, 0.25) is 5.02 Å². The van der Waals surface area contributed by atoms with Crippen LogP contribution in [0.1, 0.15) is 13.3 Å². The van der Waals surface area contributed by atoms with E-state index in [1.165, 1.54) is 0 Å². The summed E-state index contributed by atoms with van der Waals surface area (Å²) in [6.07, 6.45) is 0.204. The highest BCUT2D eigenvalue weighted by molar-refractivity contribution is 6.31. The lowest BCUT2D eigenvalue weighted by atomic mass is 10.1. The van der Waals surface area contributed by atoms with Crippen molar-refractivity contribution in [1.82, 2.24) is 4.90 Å². The van der Waals surface area contributed by atoms with Gasteiger partial charge >= 0.3 is 0 Å². The van der Waals surface area contributed by atoms with Gasteiger partial charge in [0.2, 0.25) is 11.8 Å². The minimum absolute atomic E-state index is 0.0543. The van der Waals surface area contributed by atoms with E-state index in [1.54, 1.807) is 17.0 Å². The molecule has 1 N–H and O–H groups in total. The molecule has 0 saturated carbocycles. The summed E-state index contributed by atoms with van der Waals surface area (Å²) in [6, 6.07) is 15.1. The van der Waals surface area contributed by atoms with E-state index >= 15 is 0 Å². The molecule has 2 amide bonds.